The molecule has 12 heteroatoms. The lowest BCUT2D eigenvalue weighted by Crippen LogP contribution is -2.56. The van der Waals surface area contributed by atoms with E-state index in [1.165, 1.54) is 17.1 Å². The third-order valence-electron chi connectivity index (χ3n) is 3.89. The molecule has 1 aliphatic heterocycles. The molecule has 0 aliphatic carbocycles. The summed E-state index contributed by atoms with van der Waals surface area (Å²) < 4.78 is 39.9. The van der Waals surface area contributed by atoms with Gasteiger partial charge in [0.15, 0.2) is 0 Å². The Morgan fingerprint density at radius 1 is 1.33 bits per heavy atom. The van der Waals surface area contributed by atoms with Crippen molar-refractivity contribution in [2.75, 3.05) is 26.3 Å². The molecule has 1 aliphatic rings. The van der Waals surface area contributed by atoms with Gasteiger partial charge in [-0.15, -0.1) is 4.48 Å². The molecule has 1 aromatic rings. The summed E-state index contributed by atoms with van der Waals surface area (Å²) in [5.41, 5.74) is 8.53. The van der Waals surface area contributed by atoms with Gasteiger partial charge in [0.25, 0.3) is 0 Å². The van der Waals surface area contributed by atoms with Crippen molar-refractivity contribution in [2.24, 2.45) is 5.73 Å². The third kappa shape index (κ3) is 6.80. The Hall–Kier alpha value is -0.500. The first kappa shape index (κ1) is 22.8. The van der Waals surface area contributed by atoms with Crippen molar-refractivity contribution in [2.45, 2.75) is 35.2 Å². The Balaban J connectivity index is 1.88. The Labute approximate surface area is 169 Å². The number of nitrogens with one attached hydrogen (secondary N) is 3. The van der Waals surface area contributed by atoms with Gasteiger partial charge >= 0.3 is 0 Å². The zero-order valence-electron chi connectivity index (χ0n) is 15.1. The van der Waals surface area contributed by atoms with E-state index < -0.39 is 14.5 Å². The van der Waals surface area contributed by atoms with Gasteiger partial charge < -0.3 is 11.1 Å². The zero-order valence-corrected chi connectivity index (χ0v) is 17.5. The minimum Gasteiger partial charge on any atom is -0.329 e. The first-order valence-corrected chi connectivity index (χ1v) is 11.3. The van der Waals surface area contributed by atoms with Gasteiger partial charge in [-0.2, -0.15) is 9.73 Å². The summed E-state index contributed by atoms with van der Waals surface area (Å²) in [7, 11) is -3.91. The Morgan fingerprint density at radius 2 is 2.00 bits per heavy atom. The van der Waals surface area contributed by atoms with Crippen LogP contribution in [0.15, 0.2) is 35.2 Å². The second-order valence-electron chi connectivity index (χ2n) is 6.16. The van der Waals surface area contributed by atoms with E-state index in [4.69, 9.17) is 17.3 Å². The Bertz CT molecular complexity index is 686. The lowest BCUT2D eigenvalue weighted by molar-refractivity contribution is 0.0542. The predicted molar refractivity (Wildman–Crippen MR) is 106 cm³/mol. The predicted octanol–water partition coefficient (Wildman–Crippen LogP) is 1.14. The molecule has 2 rings (SSSR count). The van der Waals surface area contributed by atoms with E-state index in [0.717, 1.165) is 19.4 Å². The third-order valence-corrected chi connectivity index (χ3v) is 6.97. The molecule has 1 aromatic carbocycles. The monoisotopic (exact) mass is 440 g/mol. The number of rotatable bonds is 11. The van der Waals surface area contributed by atoms with Crippen LogP contribution in [-0.4, -0.2) is 54.8 Å². The number of hydrogen-bond acceptors (Lipinski definition) is 8. The van der Waals surface area contributed by atoms with Gasteiger partial charge in [-0.3, -0.25) is 5.43 Å². The van der Waals surface area contributed by atoms with Crippen LogP contribution in [0, 0.1) is 0 Å². The molecule has 1 fully saturated rings. The highest BCUT2D eigenvalue weighted by Gasteiger charge is 2.48. The molecule has 0 bridgehead atoms. The first-order chi connectivity index (χ1) is 12.8. The van der Waals surface area contributed by atoms with E-state index in [1.54, 1.807) is 18.2 Å². The van der Waals surface area contributed by atoms with Gasteiger partial charge in [0.05, 0.1) is 4.90 Å². The van der Waals surface area contributed by atoms with Crippen LogP contribution in [-0.2, 0) is 10.0 Å². The summed E-state index contributed by atoms with van der Waals surface area (Å²) in [6.45, 7) is 3.74. The Morgan fingerprint density at radius 3 is 2.67 bits per heavy atom. The lowest BCUT2D eigenvalue weighted by atomic mass is 10.3. The van der Waals surface area contributed by atoms with Gasteiger partial charge in [-0.1, -0.05) is 34.3 Å². The highest BCUT2D eigenvalue weighted by Crippen LogP contribution is 2.40. The molecule has 0 saturated carbocycles. The summed E-state index contributed by atoms with van der Waals surface area (Å²) >= 11 is 6.95. The van der Waals surface area contributed by atoms with Crippen molar-refractivity contribution in [3.8, 4) is 0 Å². The molecule has 0 radical (unpaired) electrons. The minimum absolute atomic E-state index is 0.0583. The molecule has 1 unspecified atom stereocenters. The molecule has 27 heavy (non-hydrogen) atoms. The van der Waals surface area contributed by atoms with Crippen LogP contribution in [0.5, 0.6) is 0 Å². The molecule has 0 amide bonds. The number of halogens is 2. The molecule has 0 aromatic heterocycles. The maximum Gasteiger partial charge on any atom is 0.243 e. The van der Waals surface area contributed by atoms with E-state index in [-0.39, 0.29) is 17.6 Å². The summed E-state index contributed by atoms with van der Waals surface area (Å²) in [5.74, 6) is 0. The molecular formula is C15H26ClFN6O2S2. The quantitative estimate of drug-likeness (QED) is 0.133. The summed E-state index contributed by atoms with van der Waals surface area (Å²) in [4.78, 5) is 0.0583. The van der Waals surface area contributed by atoms with E-state index in [0.29, 0.717) is 29.6 Å². The van der Waals surface area contributed by atoms with E-state index >= 15 is 0 Å². The first-order valence-electron chi connectivity index (χ1n) is 8.62. The van der Waals surface area contributed by atoms with Gasteiger partial charge in [-0.25, -0.2) is 8.42 Å². The number of nitrogens with two attached hydrogens (primary N) is 1. The van der Waals surface area contributed by atoms with Crippen LogP contribution >= 0.6 is 23.5 Å². The van der Waals surface area contributed by atoms with Crippen molar-refractivity contribution < 1.29 is 12.9 Å². The van der Waals surface area contributed by atoms with Crippen molar-refractivity contribution >= 4 is 33.6 Å². The van der Waals surface area contributed by atoms with Gasteiger partial charge in [0.1, 0.15) is 6.67 Å². The largest absolute Gasteiger partial charge is 0.329 e. The summed E-state index contributed by atoms with van der Waals surface area (Å²) in [5, 5.41) is 4.61. The number of hydrazine groups is 1. The maximum absolute atomic E-state index is 13.8. The molecule has 1 heterocycles. The van der Waals surface area contributed by atoms with E-state index in [1.807, 2.05) is 6.92 Å². The lowest BCUT2D eigenvalue weighted by Gasteiger charge is -2.30. The van der Waals surface area contributed by atoms with Gasteiger partial charge in [0, 0.05) is 31.1 Å². The Kier molecular flexibility index (Phi) is 8.71. The smallest absolute Gasteiger partial charge is 0.243 e. The van der Waals surface area contributed by atoms with Crippen LogP contribution < -0.4 is 21.2 Å². The molecule has 0 spiro atoms. The average Bonchev–Trinajstić information content (AvgIpc) is 2.90. The topological polar surface area (TPSA) is 103 Å². The maximum atomic E-state index is 13.8. The van der Waals surface area contributed by atoms with Crippen molar-refractivity contribution in [3.63, 3.8) is 0 Å². The molecule has 154 valence electrons. The number of sulfonamides is 1. The number of unbranched alkanes of at least 4 members (excludes halogenated alkanes) is 1. The SMILES string of the molecule is C[C@H](CN)NCCCCNN1CN(F)SC1(Cl)NS(=O)(=O)c1ccccc1. The van der Waals surface area contributed by atoms with Crippen molar-refractivity contribution in [1.82, 2.24) is 25.0 Å². The number of nitrogens with zero attached hydrogens (tertiary/aromatic N) is 2. The second kappa shape index (κ2) is 10.3. The van der Waals surface area contributed by atoms with Crippen LogP contribution in [0.4, 0.5) is 4.48 Å². The fraction of sp³-hybridized carbons (Fsp3) is 0.600. The van der Waals surface area contributed by atoms with Gasteiger partial charge in [0.2, 0.25) is 14.5 Å². The molecule has 5 N–H and O–H groups in total. The molecule has 8 nitrogen and oxygen atoms in total. The summed E-state index contributed by atoms with van der Waals surface area (Å²) in [6.07, 6.45) is 1.69. The minimum atomic E-state index is -3.91. The number of benzene rings is 1. The van der Waals surface area contributed by atoms with Crippen molar-refractivity contribution in [1.29, 1.82) is 0 Å². The number of hydrogen-bond donors (Lipinski definition) is 4. The molecular weight excluding hydrogens is 415 g/mol. The number of alkyl halides is 1. The van der Waals surface area contributed by atoms with Crippen LogP contribution in [0.3, 0.4) is 0 Å². The van der Waals surface area contributed by atoms with Gasteiger partial charge in [-0.05, 0) is 38.4 Å². The standard InChI is InChI=1S/C15H26ClFN6O2S2/c1-13(11-18)19-9-5-6-10-20-22-12-23(17)26-15(22,16)21-27(24,25)14-7-3-2-4-8-14/h2-4,7-8,13,19-21H,5-6,9-12,18H2,1H3/t13-,15?/m1/s1. The average molecular weight is 441 g/mol. The molecule has 1 saturated heterocycles. The fourth-order valence-corrected chi connectivity index (χ4v) is 5.21. The second-order valence-corrected chi connectivity index (χ2v) is 9.79. The summed E-state index contributed by atoms with van der Waals surface area (Å²) in [6, 6.07) is 8.07. The highest BCUT2D eigenvalue weighted by molar-refractivity contribution is 8.00. The fourth-order valence-electron chi connectivity index (χ4n) is 2.36. The van der Waals surface area contributed by atoms with Crippen LogP contribution in [0.25, 0.3) is 0 Å². The van der Waals surface area contributed by atoms with E-state index in [2.05, 4.69) is 15.5 Å². The van der Waals surface area contributed by atoms with Crippen LogP contribution in [0.1, 0.15) is 19.8 Å². The van der Waals surface area contributed by atoms with Crippen molar-refractivity contribution in [3.05, 3.63) is 30.3 Å². The zero-order chi connectivity index (χ0) is 19.9. The molecule has 2 atom stereocenters. The van der Waals surface area contributed by atoms with E-state index in [9.17, 15) is 12.9 Å². The van der Waals surface area contributed by atoms with Crippen LogP contribution in [0.2, 0.25) is 0 Å². The highest BCUT2D eigenvalue weighted by atomic mass is 35.5. The normalized spacial score (nSPS) is 23.0.